The summed E-state index contributed by atoms with van der Waals surface area (Å²) in [5.41, 5.74) is 4.49. The Balaban J connectivity index is 2.04. The molecule has 2 nitrogen and oxygen atoms in total. The van der Waals surface area contributed by atoms with Crippen molar-refractivity contribution in [2.45, 2.75) is 6.92 Å². The molecule has 3 rings (SSSR count). The Bertz CT molecular complexity index is 739. The maximum Gasteiger partial charge on any atom is 0.123 e. The lowest BCUT2D eigenvalue weighted by atomic mass is 10.0. The molecule has 98 valence electrons. The fourth-order valence-corrected chi connectivity index (χ4v) is 2.15. The summed E-state index contributed by atoms with van der Waals surface area (Å²) in [6.45, 7) is 2.01. The van der Waals surface area contributed by atoms with Crippen molar-refractivity contribution in [1.82, 2.24) is 9.97 Å². The fraction of sp³-hybridized carbons (Fsp3) is 0.0588. The Kier molecular flexibility index (Phi) is 3.25. The molecule has 0 aliphatic rings. The van der Waals surface area contributed by atoms with Crippen LogP contribution in [0.15, 0.2) is 60.9 Å². The van der Waals surface area contributed by atoms with Crippen molar-refractivity contribution in [3.05, 3.63) is 72.3 Å². The highest BCUT2D eigenvalue weighted by Crippen LogP contribution is 2.25. The zero-order chi connectivity index (χ0) is 13.9. The molecule has 0 radical (unpaired) electrons. The first-order valence-corrected chi connectivity index (χ1v) is 6.38. The van der Waals surface area contributed by atoms with Crippen molar-refractivity contribution >= 4 is 0 Å². The van der Waals surface area contributed by atoms with Gasteiger partial charge in [0.2, 0.25) is 0 Å². The number of rotatable bonds is 2. The van der Waals surface area contributed by atoms with E-state index in [0.29, 0.717) is 0 Å². The van der Waals surface area contributed by atoms with E-state index >= 15 is 0 Å². The molecule has 0 unspecified atom stereocenters. The second kappa shape index (κ2) is 5.21. The van der Waals surface area contributed by atoms with Crippen molar-refractivity contribution in [2.75, 3.05) is 0 Å². The Morgan fingerprint density at radius 2 is 1.80 bits per heavy atom. The van der Waals surface area contributed by atoms with Gasteiger partial charge in [-0.15, -0.1) is 0 Å². The van der Waals surface area contributed by atoms with Crippen molar-refractivity contribution in [3.8, 4) is 22.5 Å². The minimum absolute atomic E-state index is 0.254. The highest BCUT2D eigenvalue weighted by atomic mass is 19.1. The molecule has 2 heterocycles. The molecule has 0 amide bonds. The van der Waals surface area contributed by atoms with Gasteiger partial charge in [0.05, 0.1) is 11.4 Å². The number of halogens is 1. The molecule has 3 heteroatoms. The summed E-state index contributed by atoms with van der Waals surface area (Å²) in [6.07, 6.45) is 3.55. The molecule has 3 aromatic rings. The van der Waals surface area contributed by atoms with Crippen LogP contribution in [0.5, 0.6) is 0 Å². The average Bonchev–Trinajstić information content (AvgIpc) is 2.48. The number of aromatic nitrogens is 2. The average molecular weight is 264 g/mol. The van der Waals surface area contributed by atoms with E-state index in [1.807, 2.05) is 37.3 Å². The molecular weight excluding hydrogens is 251 g/mol. The summed E-state index contributed by atoms with van der Waals surface area (Å²) in [5.74, 6) is -0.254. The molecule has 0 spiro atoms. The molecule has 20 heavy (non-hydrogen) atoms. The number of nitrogens with zero attached hydrogens (tertiary/aromatic N) is 2. The first kappa shape index (κ1) is 12.5. The molecule has 0 N–H and O–H groups in total. The van der Waals surface area contributed by atoms with Crippen LogP contribution in [0.1, 0.15) is 5.56 Å². The maximum atomic E-state index is 13.3. The van der Waals surface area contributed by atoms with Gasteiger partial charge in [-0.1, -0.05) is 18.2 Å². The van der Waals surface area contributed by atoms with Gasteiger partial charge in [-0.05, 0) is 42.8 Å². The molecule has 0 fully saturated rings. The van der Waals surface area contributed by atoms with E-state index in [2.05, 4.69) is 9.97 Å². The quantitative estimate of drug-likeness (QED) is 0.691. The van der Waals surface area contributed by atoms with Gasteiger partial charge in [0.15, 0.2) is 0 Å². The SMILES string of the molecule is Cc1cc(-c2cccc(F)c2)ncc1-c1ccccn1. The minimum Gasteiger partial charge on any atom is -0.256 e. The van der Waals surface area contributed by atoms with Gasteiger partial charge in [0, 0.05) is 23.5 Å². The Labute approximate surface area is 117 Å². The third-order valence-corrected chi connectivity index (χ3v) is 3.17. The van der Waals surface area contributed by atoms with E-state index in [1.54, 1.807) is 18.5 Å². The predicted octanol–water partition coefficient (Wildman–Crippen LogP) is 4.26. The van der Waals surface area contributed by atoms with Crippen molar-refractivity contribution in [3.63, 3.8) is 0 Å². The smallest absolute Gasteiger partial charge is 0.123 e. The van der Waals surface area contributed by atoms with Crippen molar-refractivity contribution in [2.24, 2.45) is 0 Å². The van der Waals surface area contributed by atoms with Gasteiger partial charge in [-0.2, -0.15) is 0 Å². The normalized spacial score (nSPS) is 10.5. The first-order chi connectivity index (χ1) is 9.74. The second-order valence-corrected chi connectivity index (χ2v) is 4.61. The summed E-state index contributed by atoms with van der Waals surface area (Å²) < 4.78 is 13.3. The molecule has 1 aromatic carbocycles. The van der Waals surface area contributed by atoms with E-state index in [4.69, 9.17) is 0 Å². The van der Waals surface area contributed by atoms with Crippen LogP contribution in [0, 0.1) is 12.7 Å². The first-order valence-electron chi connectivity index (χ1n) is 6.38. The molecule has 0 aliphatic heterocycles. The van der Waals surface area contributed by atoms with E-state index in [-0.39, 0.29) is 5.82 Å². The van der Waals surface area contributed by atoms with Crippen molar-refractivity contribution < 1.29 is 4.39 Å². The van der Waals surface area contributed by atoms with Gasteiger partial charge >= 0.3 is 0 Å². The lowest BCUT2D eigenvalue weighted by molar-refractivity contribution is 0.628. The van der Waals surface area contributed by atoms with Crippen molar-refractivity contribution in [1.29, 1.82) is 0 Å². The van der Waals surface area contributed by atoms with E-state index in [0.717, 1.165) is 28.1 Å². The fourth-order valence-electron chi connectivity index (χ4n) is 2.15. The van der Waals surface area contributed by atoms with E-state index in [1.165, 1.54) is 12.1 Å². The van der Waals surface area contributed by atoms with Crippen LogP contribution in [-0.2, 0) is 0 Å². The lowest BCUT2D eigenvalue weighted by Crippen LogP contribution is -1.91. The largest absolute Gasteiger partial charge is 0.256 e. The molecule has 0 atom stereocenters. The molecule has 0 saturated carbocycles. The summed E-state index contributed by atoms with van der Waals surface area (Å²) >= 11 is 0. The van der Waals surface area contributed by atoms with Gasteiger partial charge in [0.25, 0.3) is 0 Å². The molecule has 0 saturated heterocycles. The lowest BCUT2D eigenvalue weighted by Gasteiger charge is -2.07. The van der Waals surface area contributed by atoms with Crippen LogP contribution < -0.4 is 0 Å². The number of pyridine rings is 2. The minimum atomic E-state index is -0.254. The molecular formula is C17H13FN2. The molecule has 0 aliphatic carbocycles. The zero-order valence-electron chi connectivity index (χ0n) is 11.0. The summed E-state index contributed by atoms with van der Waals surface area (Å²) in [5, 5.41) is 0. The number of benzene rings is 1. The van der Waals surface area contributed by atoms with E-state index < -0.39 is 0 Å². The van der Waals surface area contributed by atoms with Gasteiger partial charge < -0.3 is 0 Å². The Morgan fingerprint density at radius 3 is 2.50 bits per heavy atom. The zero-order valence-corrected chi connectivity index (χ0v) is 11.0. The van der Waals surface area contributed by atoms with Crippen LogP contribution in [0.25, 0.3) is 22.5 Å². The monoisotopic (exact) mass is 264 g/mol. The van der Waals surface area contributed by atoms with Crippen LogP contribution in [0.4, 0.5) is 4.39 Å². The number of hydrogen-bond acceptors (Lipinski definition) is 2. The van der Waals surface area contributed by atoms with Gasteiger partial charge in [-0.25, -0.2) is 4.39 Å². The third kappa shape index (κ3) is 2.43. The number of aryl methyl sites for hydroxylation is 1. The highest BCUT2D eigenvalue weighted by molar-refractivity contribution is 5.68. The van der Waals surface area contributed by atoms with Crippen LogP contribution >= 0.6 is 0 Å². The summed E-state index contributed by atoms with van der Waals surface area (Å²) in [7, 11) is 0. The van der Waals surface area contributed by atoms with Gasteiger partial charge in [-0.3, -0.25) is 9.97 Å². The molecule has 2 aromatic heterocycles. The standard InChI is InChI=1S/C17H13FN2/c1-12-9-17(13-5-4-6-14(18)10-13)20-11-15(12)16-7-2-3-8-19-16/h2-11H,1H3. The van der Waals surface area contributed by atoms with Crippen LogP contribution in [0.2, 0.25) is 0 Å². The Hall–Kier alpha value is -2.55. The third-order valence-electron chi connectivity index (χ3n) is 3.17. The molecule has 0 bridgehead atoms. The van der Waals surface area contributed by atoms with Gasteiger partial charge in [0.1, 0.15) is 5.82 Å². The van der Waals surface area contributed by atoms with Crippen LogP contribution in [-0.4, -0.2) is 9.97 Å². The highest BCUT2D eigenvalue weighted by Gasteiger charge is 2.07. The van der Waals surface area contributed by atoms with Crippen LogP contribution in [0.3, 0.4) is 0 Å². The summed E-state index contributed by atoms with van der Waals surface area (Å²) in [6, 6.07) is 14.2. The maximum absolute atomic E-state index is 13.3. The predicted molar refractivity (Wildman–Crippen MR) is 77.6 cm³/mol. The topological polar surface area (TPSA) is 25.8 Å². The number of hydrogen-bond donors (Lipinski definition) is 0. The second-order valence-electron chi connectivity index (χ2n) is 4.61. The van der Waals surface area contributed by atoms with E-state index in [9.17, 15) is 4.39 Å². The Morgan fingerprint density at radius 1 is 0.900 bits per heavy atom. The summed E-state index contributed by atoms with van der Waals surface area (Å²) in [4.78, 5) is 8.75.